The summed E-state index contributed by atoms with van der Waals surface area (Å²) < 4.78 is 10.6. The summed E-state index contributed by atoms with van der Waals surface area (Å²) in [6.45, 7) is 2.55. The van der Waals surface area contributed by atoms with Crippen LogP contribution >= 0.6 is 0 Å². The Morgan fingerprint density at radius 1 is 1.12 bits per heavy atom. The number of rotatable bonds is 7. The van der Waals surface area contributed by atoms with Crippen LogP contribution in [-0.4, -0.2) is 19.7 Å². The molecule has 0 bridgehead atoms. The first-order chi connectivity index (χ1) is 11.5. The summed E-state index contributed by atoms with van der Waals surface area (Å²) in [6, 6.07) is 11.4. The normalized spacial score (nSPS) is 10.3. The molecule has 0 saturated carbocycles. The number of ether oxygens (including phenoxy) is 2. The quantitative estimate of drug-likeness (QED) is 0.363. The van der Waals surface area contributed by atoms with Gasteiger partial charge in [-0.2, -0.15) is 0 Å². The fourth-order valence-corrected chi connectivity index (χ4v) is 2.26. The molecule has 5 nitrogen and oxygen atoms in total. The smallest absolute Gasteiger partial charge is 0.872 e. The molecule has 2 aromatic carbocycles. The van der Waals surface area contributed by atoms with Gasteiger partial charge in [0.15, 0.2) is 0 Å². The molecule has 2 rings (SSSR count). The van der Waals surface area contributed by atoms with Gasteiger partial charge in [-0.25, -0.2) is 0 Å². The molecule has 0 aliphatic heterocycles. The van der Waals surface area contributed by atoms with E-state index in [0.29, 0.717) is 23.7 Å². The molecular formula is C19H18Na2O5. The summed E-state index contributed by atoms with van der Waals surface area (Å²) in [7, 11) is 1.46. The summed E-state index contributed by atoms with van der Waals surface area (Å²) >= 11 is 0. The van der Waals surface area contributed by atoms with E-state index in [0.717, 1.165) is 12.5 Å². The molecule has 7 heteroatoms. The maximum Gasteiger partial charge on any atom is 1.00 e. The van der Waals surface area contributed by atoms with E-state index in [-0.39, 0.29) is 76.0 Å². The van der Waals surface area contributed by atoms with Gasteiger partial charge >= 0.3 is 59.1 Å². The van der Waals surface area contributed by atoms with Crippen molar-refractivity contribution in [3.8, 4) is 17.2 Å². The van der Waals surface area contributed by atoms with Gasteiger partial charge in [-0.15, -0.1) is 0 Å². The fraction of sp³-hybridized carbons (Fsp3) is 0.211. The van der Waals surface area contributed by atoms with Crippen molar-refractivity contribution in [2.24, 2.45) is 0 Å². The third kappa shape index (κ3) is 6.99. The molecule has 0 aliphatic rings. The van der Waals surface area contributed by atoms with E-state index >= 15 is 0 Å². The Morgan fingerprint density at radius 3 is 2.42 bits per heavy atom. The Bertz CT molecular complexity index is 759. The average Bonchev–Trinajstić information content (AvgIpc) is 2.58. The van der Waals surface area contributed by atoms with Gasteiger partial charge in [0.25, 0.3) is 0 Å². The fourth-order valence-electron chi connectivity index (χ4n) is 2.26. The molecule has 26 heavy (non-hydrogen) atoms. The Morgan fingerprint density at radius 2 is 1.85 bits per heavy atom. The van der Waals surface area contributed by atoms with E-state index in [4.69, 9.17) is 9.47 Å². The molecule has 0 atom stereocenters. The molecule has 0 fully saturated rings. The molecule has 0 unspecified atom stereocenters. The van der Waals surface area contributed by atoms with Crippen molar-refractivity contribution in [2.45, 2.75) is 13.3 Å². The van der Waals surface area contributed by atoms with Gasteiger partial charge in [-0.05, 0) is 53.5 Å². The Labute approximate surface area is 197 Å². The SMILES string of the molecule is CCCOc1cccc(/C(=C/C(=O)[O-])c2ccc(OC)cc2[O-])c1.[Na+].[Na+]. The van der Waals surface area contributed by atoms with Crippen LogP contribution < -0.4 is 78.8 Å². The minimum Gasteiger partial charge on any atom is -0.872 e. The minimum atomic E-state index is -1.37. The summed E-state index contributed by atoms with van der Waals surface area (Å²) in [6.07, 6.45) is 1.78. The number of carbonyl (C=O) groups excluding carboxylic acids is 1. The van der Waals surface area contributed by atoms with Crippen molar-refractivity contribution in [1.82, 2.24) is 0 Å². The van der Waals surface area contributed by atoms with E-state index in [2.05, 4.69) is 0 Å². The van der Waals surface area contributed by atoms with Gasteiger partial charge < -0.3 is 24.5 Å². The molecule has 2 aromatic rings. The van der Waals surface area contributed by atoms with Crippen molar-refractivity contribution in [3.63, 3.8) is 0 Å². The maximum absolute atomic E-state index is 12.3. The van der Waals surface area contributed by atoms with Gasteiger partial charge in [0, 0.05) is 0 Å². The molecule has 126 valence electrons. The zero-order chi connectivity index (χ0) is 17.5. The second kappa shape index (κ2) is 12.4. The molecule has 0 radical (unpaired) electrons. The number of carboxylic acids is 1. The maximum atomic E-state index is 12.3. The van der Waals surface area contributed by atoms with Crippen LogP contribution in [-0.2, 0) is 4.79 Å². The summed E-state index contributed by atoms with van der Waals surface area (Å²) in [5, 5.41) is 23.4. The van der Waals surface area contributed by atoms with Gasteiger partial charge in [0.2, 0.25) is 0 Å². The number of hydrogen-bond acceptors (Lipinski definition) is 5. The van der Waals surface area contributed by atoms with Crippen LogP contribution in [0.15, 0.2) is 48.5 Å². The van der Waals surface area contributed by atoms with E-state index < -0.39 is 5.97 Å². The number of carboxylic acid groups (broad SMARTS) is 1. The molecule has 0 aromatic heterocycles. The van der Waals surface area contributed by atoms with Gasteiger partial charge in [-0.3, -0.25) is 0 Å². The summed E-state index contributed by atoms with van der Waals surface area (Å²) in [4.78, 5) is 11.1. The van der Waals surface area contributed by atoms with Crippen molar-refractivity contribution >= 4 is 11.5 Å². The molecule has 0 spiro atoms. The Hall–Kier alpha value is -0.950. The molecular weight excluding hydrogens is 354 g/mol. The van der Waals surface area contributed by atoms with Gasteiger partial charge in [0.1, 0.15) is 11.5 Å². The van der Waals surface area contributed by atoms with E-state index in [9.17, 15) is 15.0 Å². The van der Waals surface area contributed by atoms with Gasteiger partial charge in [0.05, 0.1) is 19.7 Å². The largest absolute Gasteiger partial charge is 1.00 e. The molecule has 0 saturated heterocycles. The molecule has 0 aliphatic carbocycles. The summed E-state index contributed by atoms with van der Waals surface area (Å²) in [5.74, 6) is -0.682. The number of aliphatic carboxylic acids is 1. The third-order valence-electron chi connectivity index (χ3n) is 3.36. The van der Waals surface area contributed by atoms with Crippen LogP contribution in [0.4, 0.5) is 0 Å². The second-order valence-corrected chi connectivity index (χ2v) is 5.12. The number of hydrogen-bond donors (Lipinski definition) is 0. The van der Waals surface area contributed by atoms with Crippen molar-refractivity contribution in [1.29, 1.82) is 0 Å². The summed E-state index contributed by atoms with van der Waals surface area (Å²) in [5.41, 5.74) is 1.09. The topological polar surface area (TPSA) is 81.7 Å². The van der Waals surface area contributed by atoms with Crippen LogP contribution in [0, 0.1) is 0 Å². The monoisotopic (exact) mass is 372 g/mol. The van der Waals surface area contributed by atoms with E-state index in [1.807, 2.05) is 6.92 Å². The average molecular weight is 372 g/mol. The minimum absolute atomic E-state index is 0. The Balaban J connectivity index is 0.00000312. The van der Waals surface area contributed by atoms with Crippen LogP contribution in [0.5, 0.6) is 17.2 Å². The molecule has 0 amide bonds. The van der Waals surface area contributed by atoms with Crippen LogP contribution in [0.3, 0.4) is 0 Å². The zero-order valence-corrected chi connectivity index (χ0v) is 19.6. The second-order valence-electron chi connectivity index (χ2n) is 5.12. The molecule has 0 N–H and O–H groups in total. The number of methoxy groups -OCH3 is 1. The first-order valence-corrected chi connectivity index (χ1v) is 7.56. The first-order valence-electron chi connectivity index (χ1n) is 7.56. The van der Waals surface area contributed by atoms with Crippen molar-refractivity contribution in [2.75, 3.05) is 13.7 Å². The van der Waals surface area contributed by atoms with Crippen molar-refractivity contribution < 1.29 is 83.6 Å². The van der Waals surface area contributed by atoms with E-state index in [1.54, 1.807) is 30.3 Å². The van der Waals surface area contributed by atoms with E-state index in [1.165, 1.54) is 19.2 Å². The number of benzene rings is 2. The molecule has 0 heterocycles. The predicted octanol–water partition coefficient (Wildman–Crippen LogP) is -4.25. The van der Waals surface area contributed by atoms with Gasteiger partial charge in [-0.1, -0.05) is 30.9 Å². The van der Waals surface area contributed by atoms with Crippen LogP contribution in [0.1, 0.15) is 24.5 Å². The van der Waals surface area contributed by atoms with Crippen LogP contribution in [0.2, 0.25) is 0 Å². The van der Waals surface area contributed by atoms with Crippen LogP contribution in [0.25, 0.3) is 5.57 Å². The number of carbonyl (C=O) groups is 1. The Kier molecular flexibility index (Phi) is 12.0. The zero-order valence-electron chi connectivity index (χ0n) is 15.6. The standard InChI is InChI=1S/C19H20O5.2Na/c1-3-9-24-15-6-4-5-13(10-15)17(12-19(21)22)16-8-7-14(23-2)11-18(16)20;;/h4-8,10-12,20H,3,9H2,1-2H3,(H,21,22);;/q;2*+1/p-2/b17-12-;;. The third-order valence-corrected chi connectivity index (χ3v) is 3.36. The first kappa shape index (κ1) is 25.1. The van der Waals surface area contributed by atoms with Crippen molar-refractivity contribution in [3.05, 3.63) is 59.7 Å². The predicted molar refractivity (Wildman–Crippen MR) is 86.8 cm³/mol.